The maximum Gasteiger partial charge on any atom is 0.415 e. The second kappa shape index (κ2) is 8.35. The van der Waals surface area contributed by atoms with Crippen LogP contribution in [-0.4, -0.2) is 48.3 Å². The van der Waals surface area contributed by atoms with E-state index >= 15 is 0 Å². The molecule has 1 N–H and O–H groups in total. The van der Waals surface area contributed by atoms with Crippen LogP contribution in [0.5, 0.6) is 5.75 Å². The first-order valence-corrected chi connectivity index (χ1v) is 7.48. The predicted octanol–water partition coefficient (Wildman–Crippen LogP) is 3.50. The van der Waals surface area contributed by atoms with Gasteiger partial charge in [-0.15, -0.1) is 6.58 Å². The molecule has 132 valence electrons. The number of nitrogens with zero attached hydrogens (tertiary/aromatic N) is 2. The van der Waals surface area contributed by atoms with Gasteiger partial charge in [-0.2, -0.15) is 0 Å². The third kappa shape index (κ3) is 5.58. The standard InChI is InChI=1S/C17H25N3O4/c1-7-11-20(17(2,3)4)16(22)24-14-10-8-9-13(12-14)18-15(21)19(5)23-6/h7-10,12H,1,11H2,2-6H3,(H,18,21). The van der Waals surface area contributed by atoms with Gasteiger partial charge in [0.1, 0.15) is 5.75 Å². The second-order valence-corrected chi connectivity index (χ2v) is 6.08. The van der Waals surface area contributed by atoms with Gasteiger partial charge in [0.25, 0.3) is 0 Å². The highest BCUT2D eigenvalue weighted by Gasteiger charge is 2.27. The van der Waals surface area contributed by atoms with Crippen molar-refractivity contribution in [1.29, 1.82) is 0 Å². The smallest absolute Gasteiger partial charge is 0.410 e. The lowest BCUT2D eigenvalue weighted by atomic mass is 10.1. The summed E-state index contributed by atoms with van der Waals surface area (Å²) in [6.07, 6.45) is 1.16. The van der Waals surface area contributed by atoms with Gasteiger partial charge in [-0.05, 0) is 32.9 Å². The van der Waals surface area contributed by atoms with E-state index in [-0.39, 0.29) is 0 Å². The number of hydrogen-bond donors (Lipinski definition) is 1. The number of ether oxygens (including phenoxy) is 1. The monoisotopic (exact) mass is 335 g/mol. The average molecular weight is 335 g/mol. The van der Waals surface area contributed by atoms with Gasteiger partial charge < -0.3 is 10.1 Å². The molecule has 7 nitrogen and oxygen atoms in total. The zero-order valence-corrected chi connectivity index (χ0v) is 14.8. The minimum absolute atomic E-state index is 0.330. The number of anilines is 1. The van der Waals surface area contributed by atoms with E-state index in [1.807, 2.05) is 20.8 Å². The Kier molecular flexibility index (Phi) is 6.79. The maximum absolute atomic E-state index is 12.4. The summed E-state index contributed by atoms with van der Waals surface area (Å²) in [5.74, 6) is 0.330. The molecule has 0 aliphatic rings. The van der Waals surface area contributed by atoms with Crippen molar-refractivity contribution in [1.82, 2.24) is 9.96 Å². The van der Waals surface area contributed by atoms with Crippen LogP contribution in [0.3, 0.4) is 0 Å². The molecule has 3 amide bonds. The van der Waals surface area contributed by atoms with Gasteiger partial charge in [-0.3, -0.25) is 9.74 Å². The Hall–Kier alpha value is -2.54. The summed E-state index contributed by atoms with van der Waals surface area (Å²) in [5, 5.41) is 3.68. The first-order valence-electron chi connectivity index (χ1n) is 7.48. The van der Waals surface area contributed by atoms with Gasteiger partial charge >= 0.3 is 12.1 Å². The molecule has 0 aliphatic carbocycles. The summed E-state index contributed by atoms with van der Waals surface area (Å²) < 4.78 is 5.41. The lowest BCUT2D eigenvalue weighted by Crippen LogP contribution is -2.47. The van der Waals surface area contributed by atoms with Crippen LogP contribution in [0.4, 0.5) is 15.3 Å². The van der Waals surface area contributed by atoms with Crippen molar-refractivity contribution in [2.75, 3.05) is 26.0 Å². The summed E-state index contributed by atoms with van der Waals surface area (Å²) in [4.78, 5) is 30.5. The number of benzene rings is 1. The molecule has 1 aromatic carbocycles. The Morgan fingerprint density at radius 3 is 2.54 bits per heavy atom. The Bertz CT molecular complexity index is 596. The van der Waals surface area contributed by atoms with Crippen LogP contribution in [0.2, 0.25) is 0 Å². The van der Waals surface area contributed by atoms with E-state index in [0.29, 0.717) is 18.0 Å². The summed E-state index contributed by atoms with van der Waals surface area (Å²) >= 11 is 0. The average Bonchev–Trinajstić information content (AvgIpc) is 2.50. The predicted molar refractivity (Wildman–Crippen MR) is 92.9 cm³/mol. The highest BCUT2D eigenvalue weighted by molar-refractivity contribution is 5.88. The number of amides is 3. The third-order valence-electron chi connectivity index (χ3n) is 3.19. The van der Waals surface area contributed by atoms with Gasteiger partial charge in [-0.25, -0.2) is 14.7 Å². The van der Waals surface area contributed by atoms with E-state index in [1.54, 1.807) is 35.2 Å². The summed E-state index contributed by atoms with van der Waals surface area (Å²) in [7, 11) is 2.87. The van der Waals surface area contributed by atoms with Crippen molar-refractivity contribution in [2.24, 2.45) is 0 Å². The molecular weight excluding hydrogens is 310 g/mol. The fourth-order valence-electron chi connectivity index (χ4n) is 1.83. The van der Waals surface area contributed by atoms with Crippen LogP contribution in [0.25, 0.3) is 0 Å². The summed E-state index contributed by atoms with van der Waals surface area (Å²) in [6, 6.07) is 6.13. The number of hydrogen-bond acceptors (Lipinski definition) is 4. The van der Waals surface area contributed by atoms with E-state index in [4.69, 9.17) is 9.57 Å². The molecule has 0 saturated carbocycles. The fraction of sp³-hybridized carbons (Fsp3) is 0.412. The number of nitrogens with one attached hydrogen (secondary N) is 1. The van der Waals surface area contributed by atoms with Crippen LogP contribution >= 0.6 is 0 Å². The lowest BCUT2D eigenvalue weighted by Gasteiger charge is -2.33. The topological polar surface area (TPSA) is 71.1 Å². The maximum atomic E-state index is 12.4. The largest absolute Gasteiger partial charge is 0.415 e. The zero-order valence-electron chi connectivity index (χ0n) is 14.8. The summed E-state index contributed by atoms with van der Waals surface area (Å²) in [6.45, 7) is 9.77. The minimum atomic E-state index is -0.486. The van der Waals surface area contributed by atoms with E-state index in [0.717, 1.165) is 5.06 Å². The molecule has 0 aromatic heterocycles. The van der Waals surface area contributed by atoms with E-state index in [1.165, 1.54) is 14.2 Å². The molecule has 0 aliphatic heterocycles. The fourth-order valence-corrected chi connectivity index (χ4v) is 1.83. The van der Waals surface area contributed by atoms with Gasteiger partial charge in [-0.1, -0.05) is 12.1 Å². The lowest BCUT2D eigenvalue weighted by molar-refractivity contribution is -0.0598. The van der Waals surface area contributed by atoms with E-state index < -0.39 is 17.7 Å². The number of carbonyl (C=O) groups is 2. The molecule has 7 heteroatoms. The number of rotatable bonds is 5. The molecule has 0 radical (unpaired) electrons. The van der Waals surface area contributed by atoms with Gasteiger partial charge in [0.2, 0.25) is 0 Å². The summed E-state index contributed by atoms with van der Waals surface area (Å²) in [5.41, 5.74) is 0.0818. The molecule has 0 atom stereocenters. The zero-order chi connectivity index (χ0) is 18.3. The number of hydroxylamine groups is 2. The van der Waals surface area contributed by atoms with Crippen LogP contribution in [0, 0.1) is 0 Å². The molecule has 0 heterocycles. The van der Waals surface area contributed by atoms with E-state index in [2.05, 4.69) is 11.9 Å². The normalized spacial score (nSPS) is 10.7. The highest BCUT2D eigenvalue weighted by Crippen LogP contribution is 2.21. The quantitative estimate of drug-likeness (QED) is 0.660. The molecule has 1 rings (SSSR count). The molecule has 0 saturated heterocycles. The second-order valence-electron chi connectivity index (χ2n) is 6.08. The molecule has 1 aromatic rings. The van der Waals surface area contributed by atoms with Crippen LogP contribution in [0.1, 0.15) is 20.8 Å². The van der Waals surface area contributed by atoms with Crippen molar-refractivity contribution in [3.8, 4) is 5.75 Å². The first kappa shape index (κ1) is 19.5. The van der Waals surface area contributed by atoms with Gasteiger partial charge in [0.05, 0.1) is 7.11 Å². The van der Waals surface area contributed by atoms with Crippen LogP contribution in [-0.2, 0) is 4.84 Å². The molecule has 0 unspecified atom stereocenters. The highest BCUT2D eigenvalue weighted by atomic mass is 16.7. The van der Waals surface area contributed by atoms with Gasteiger partial charge in [0.15, 0.2) is 0 Å². The molecule has 0 spiro atoms. The number of urea groups is 1. The Morgan fingerprint density at radius 1 is 1.33 bits per heavy atom. The van der Waals surface area contributed by atoms with Gasteiger partial charge in [0, 0.05) is 30.9 Å². The van der Waals surface area contributed by atoms with Crippen molar-refractivity contribution in [3.63, 3.8) is 0 Å². The Morgan fingerprint density at radius 2 is 2.00 bits per heavy atom. The number of carbonyl (C=O) groups excluding carboxylic acids is 2. The molecule has 24 heavy (non-hydrogen) atoms. The van der Waals surface area contributed by atoms with Crippen LogP contribution in [0.15, 0.2) is 36.9 Å². The first-order chi connectivity index (χ1) is 11.2. The molecule has 0 fully saturated rings. The van der Waals surface area contributed by atoms with Crippen molar-refractivity contribution >= 4 is 17.8 Å². The van der Waals surface area contributed by atoms with E-state index in [9.17, 15) is 9.59 Å². The SMILES string of the molecule is C=CCN(C(=O)Oc1cccc(NC(=O)N(C)OC)c1)C(C)(C)C. The van der Waals surface area contributed by atoms with Crippen molar-refractivity contribution in [2.45, 2.75) is 26.3 Å². The van der Waals surface area contributed by atoms with Crippen LogP contribution < -0.4 is 10.1 Å². The molecular formula is C17H25N3O4. The Balaban J connectivity index is 2.85. The Labute approximate surface area is 142 Å². The minimum Gasteiger partial charge on any atom is -0.410 e. The third-order valence-corrected chi connectivity index (χ3v) is 3.19. The molecule has 0 bridgehead atoms. The van der Waals surface area contributed by atoms with Crippen molar-refractivity contribution in [3.05, 3.63) is 36.9 Å². The van der Waals surface area contributed by atoms with Crippen molar-refractivity contribution < 1.29 is 19.2 Å².